The van der Waals surface area contributed by atoms with Gasteiger partial charge in [-0.15, -0.1) is 0 Å². The number of aromatic nitrogens is 4. The lowest BCUT2D eigenvalue weighted by molar-refractivity contribution is -0.142. The van der Waals surface area contributed by atoms with Crippen LogP contribution in [0.1, 0.15) is 59.8 Å². The first kappa shape index (κ1) is 38.3. The minimum atomic E-state index is -5.79. The normalized spacial score (nSPS) is 25.4. The van der Waals surface area contributed by atoms with Crippen LogP contribution in [0.25, 0.3) is 11.2 Å². The Morgan fingerprint density at radius 3 is 2.24 bits per heavy atom. The molecule has 258 valence electrons. The predicted molar refractivity (Wildman–Crippen MR) is 163 cm³/mol. The average molecular weight is 713 g/mol. The Labute approximate surface area is 263 Å². The molecule has 18 nitrogen and oxygen atoms in total. The summed E-state index contributed by atoms with van der Waals surface area (Å²) < 4.78 is 54.2. The van der Waals surface area contributed by atoms with E-state index in [0.717, 1.165) is 31.2 Å². The van der Waals surface area contributed by atoms with Crippen LogP contribution in [0.2, 0.25) is 0 Å². The van der Waals surface area contributed by atoms with Crippen molar-refractivity contribution in [2.45, 2.75) is 83.8 Å². The van der Waals surface area contributed by atoms with E-state index in [-0.39, 0.29) is 17.6 Å². The van der Waals surface area contributed by atoms with E-state index in [1.165, 1.54) is 22.0 Å². The van der Waals surface area contributed by atoms with Crippen molar-refractivity contribution in [3.63, 3.8) is 0 Å². The highest BCUT2D eigenvalue weighted by Gasteiger charge is 2.56. The van der Waals surface area contributed by atoms with Crippen molar-refractivity contribution in [1.82, 2.24) is 19.5 Å². The molecule has 46 heavy (non-hydrogen) atoms. The van der Waals surface area contributed by atoms with Gasteiger partial charge < -0.3 is 39.5 Å². The van der Waals surface area contributed by atoms with Crippen LogP contribution < -0.4 is 5.56 Å². The zero-order valence-corrected chi connectivity index (χ0v) is 28.2. The predicted octanol–water partition coefficient (Wildman–Crippen LogP) is 3.05. The molecule has 3 rings (SSSR count). The number of phosphoric acid groups is 3. The first-order valence-electron chi connectivity index (χ1n) is 13.9. The Bertz CT molecular complexity index is 1680. The van der Waals surface area contributed by atoms with Gasteiger partial charge in [-0.3, -0.25) is 13.9 Å². The molecule has 2 aromatic heterocycles. The highest BCUT2D eigenvalue weighted by atomic mass is 31.3. The van der Waals surface area contributed by atoms with Crippen molar-refractivity contribution in [3.8, 4) is 0 Å². The average Bonchev–Trinajstić information content (AvgIpc) is 3.45. The van der Waals surface area contributed by atoms with Crippen molar-refractivity contribution in [2.75, 3.05) is 6.61 Å². The zero-order chi connectivity index (χ0) is 34.5. The lowest BCUT2D eigenvalue weighted by Gasteiger charge is -2.33. The van der Waals surface area contributed by atoms with Gasteiger partial charge in [0.15, 0.2) is 16.9 Å². The SMILES string of the molecule is CC(C)=CCCC(C)=CCCC(C)=CC[C@@]1(n2cnc3c(=O)[nH]cnc32)O[C@H](COP(=O)(O)OP(=O)(O)OP(=O)(O)O)[C@@H](O)[C@H]1O. The lowest BCUT2D eigenvalue weighted by Crippen LogP contribution is -2.45. The second kappa shape index (κ2) is 15.4. The summed E-state index contributed by atoms with van der Waals surface area (Å²) >= 11 is 0. The zero-order valence-electron chi connectivity index (χ0n) is 25.5. The van der Waals surface area contributed by atoms with E-state index in [1.54, 1.807) is 6.08 Å². The number of nitrogens with one attached hydrogen (secondary N) is 1. The van der Waals surface area contributed by atoms with E-state index >= 15 is 0 Å². The van der Waals surface area contributed by atoms with Gasteiger partial charge in [0, 0.05) is 6.42 Å². The van der Waals surface area contributed by atoms with Gasteiger partial charge in [-0.1, -0.05) is 34.9 Å². The minimum absolute atomic E-state index is 0.00971. The third kappa shape index (κ3) is 10.4. The number of rotatable bonds is 16. The molecule has 0 bridgehead atoms. The van der Waals surface area contributed by atoms with Crippen LogP contribution in [0.3, 0.4) is 0 Å². The fourth-order valence-electron chi connectivity index (χ4n) is 4.72. The monoisotopic (exact) mass is 712 g/mol. The number of fused-ring (bicyclic) bond motifs is 1. The standard InChI is InChI=1S/C25H39N4O14P3/c1-16(2)7-5-8-17(3)9-6-10-18(4)11-12-25(29-15-28-20-23(29)26-14-27-24(20)32)22(31)21(30)19(41-25)13-40-45(36,37)43-46(38,39)42-44(33,34)35/h7,9,11,14-15,19,21-22,30-31H,5-6,8,10,12-13H2,1-4H3,(H,36,37)(H,38,39)(H,26,27,32)(H2,33,34,35)/t19-,21-,22-,25-/m1/s1. The maximum absolute atomic E-state index is 12.3. The quantitative estimate of drug-likeness (QED) is 0.0973. The third-order valence-electron chi connectivity index (χ3n) is 6.95. The maximum atomic E-state index is 12.3. The van der Waals surface area contributed by atoms with E-state index in [9.17, 15) is 38.5 Å². The number of nitrogens with zero attached hydrogens (tertiary/aromatic N) is 3. The number of aromatic amines is 1. The Balaban J connectivity index is 1.84. The molecule has 3 heterocycles. The van der Waals surface area contributed by atoms with Crippen molar-refractivity contribution >= 4 is 34.6 Å². The Kier molecular flexibility index (Phi) is 12.8. The van der Waals surface area contributed by atoms with Crippen LogP contribution >= 0.6 is 23.5 Å². The second-order valence-electron chi connectivity index (χ2n) is 11.0. The molecule has 7 N–H and O–H groups in total. The Morgan fingerprint density at radius 2 is 1.61 bits per heavy atom. The number of H-pyrrole nitrogens is 1. The van der Waals surface area contributed by atoms with Crippen molar-refractivity contribution < 1.29 is 61.4 Å². The summed E-state index contributed by atoms with van der Waals surface area (Å²) in [6.45, 7) is 6.98. The molecule has 6 atom stereocenters. The van der Waals surface area contributed by atoms with Crippen LogP contribution in [-0.2, 0) is 37.3 Å². The topological polar surface area (TPSA) is 273 Å². The van der Waals surface area contributed by atoms with Gasteiger partial charge in [0.1, 0.15) is 18.3 Å². The summed E-state index contributed by atoms with van der Waals surface area (Å²) in [4.78, 5) is 59.6. The summed E-state index contributed by atoms with van der Waals surface area (Å²) in [7, 11) is -17.0. The highest BCUT2D eigenvalue weighted by molar-refractivity contribution is 7.66. The molecule has 2 aromatic rings. The molecule has 1 saturated heterocycles. The fourth-order valence-corrected chi connectivity index (χ4v) is 7.75. The number of imidazole rings is 1. The van der Waals surface area contributed by atoms with Gasteiger partial charge in [-0.2, -0.15) is 8.62 Å². The Hall–Kier alpha value is -2.14. The number of allylic oxidation sites excluding steroid dienone is 5. The van der Waals surface area contributed by atoms with Crippen LogP contribution in [0, 0.1) is 0 Å². The van der Waals surface area contributed by atoms with Gasteiger partial charge in [-0.25, -0.2) is 23.7 Å². The third-order valence-corrected chi connectivity index (χ3v) is 10.8. The number of phosphoric ester groups is 1. The van der Waals surface area contributed by atoms with Crippen molar-refractivity contribution in [3.05, 3.63) is 58.0 Å². The molecular weight excluding hydrogens is 673 g/mol. The van der Waals surface area contributed by atoms with E-state index in [1.807, 2.05) is 20.8 Å². The van der Waals surface area contributed by atoms with E-state index in [4.69, 9.17) is 14.5 Å². The number of ether oxygens (including phenoxy) is 1. The van der Waals surface area contributed by atoms with Crippen LogP contribution in [0.15, 0.2) is 52.4 Å². The molecule has 0 radical (unpaired) electrons. The van der Waals surface area contributed by atoms with E-state index in [2.05, 4.69) is 47.2 Å². The molecule has 1 aliphatic heterocycles. The number of hydrogen-bond donors (Lipinski definition) is 7. The van der Waals surface area contributed by atoms with Gasteiger partial charge in [-0.05, 0) is 53.4 Å². The molecule has 2 unspecified atom stereocenters. The molecule has 0 aliphatic carbocycles. The molecule has 0 amide bonds. The van der Waals surface area contributed by atoms with Crippen LogP contribution in [-0.4, -0.2) is 74.2 Å². The summed E-state index contributed by atoms with van der Waals surface area (Å²) in [5, 5.41) is 22.2. The summed E-state index contributed by atoms with van der Waals surface area (Å²) in [5.74, 6) is 0. The first-order valence-corrected chi connectivity index (χ1v) is 18.5. The molecule has 1 fully saturated rings. The number of aliphatic hydroxyl groups excluding tert-OH is 2. The smallest absolute Gasteiger partial charge is 0.387 e. The summed E-state index contributed by atoms with van der Waals surface area (Å²) in [5.41, 5.74) is 0.807. The maximum Gasteiger partial charge on any atom is 0.490 e. The molecular formula is C25H39N4O14P3. The largest absolute Gasteiger partial charge is 0.490 e. The van der Waals surface area contributed by atoms with Crippen molar-refractivity contribution in [2.24, 2.45) is 0 Å². The van der Waals surface area contributed by atoms with Crippen molar-refractivity contribution in [1.29, 1.82) is 0 Å². The van der Waals surface area contributed by atoms with Gasteiger partial charge in [0.05, 0.1) is 19.3 Å². The first-order chi connectivity index (χ1) is 21.3. The van der Waals surface area contributed by atoms with Crippen LogP contribution in [0.5, 0.6) is 0 Å². The van der Waals surface area contributed by atoms with Gasteiger partial charge in [0.25, 0.3) is 5.56 Å². The summed E-state index contributed by atoms with van der Waals surface area (Å²) in [6, 6.07) is 0. The van der Waals surface area contributed by atoms with E-state index in [0.29, 0.717) is 6.42 Å². The lowest BCUT2D eigenvalue weighted by atomic mass is 9.97. The van der Waals surface area contributed by atoms with Gasteiger partial charge >= 0.3 is 23.5 Å². The molecule has 1 aliphatic rings. The molecule has 0 spiro atoms. The highest BCUT2D eigenvalue weighted by Crippen LogP contribution is 2.66. The molecule has 21 heteroatoms. The second-order valence-corrected chi connectivity index (χ2v) is 15.4. The molecule has 0 saturated carbocycles. The molecule has 0 aromatic carbocycles. The summed E-state index contributed by atoms with van der Waals surface area (Å²) in [6.07, 6.45) is 6.34. The van der Waals surface area contributed by atoms with E-state index < -0.39 is 59.7 Å². The van der Waals surface area contributed by atoms with Crippen LogP contribution in [0.4, 0.5) is 0 Å². The number of aliphatic hydroxyl groups is 2. The van der Waals surface area contributed by atoms with Gasteiger partial charge in [0.2, 0.25) is 0 Å². The minimum Gasteiger partial charge on any atom is -0.387 e. The fraction of sp³-hybridized carbons (Fsp3) is 0.560. The Morgan fingerprint density at radius 1 is 0.978 bits per heavy atom. The number of hydrogen-bond acceptors (Lipinski definition) is 12.